The van der Waals surface area contributed by atoms with Crippen molar-refractivity contribution in [3.05, 3.63) is 54.1 Å². The quantitative estimate of drug-likeness (QED) is 0.481. The van der Waals surface area contributed by atoms with Gasteiger partial charge in [0.25, 0.3) is 11.8 Å². The number of hydrogen-bond acceptors (Lipinski definition) is 6. The molecule has 8 nitrogen and oxygen atoms in total. The molecule has 4 rings (SSSR count). The molecule has 9 heteroatoms. The zero-order chi connectivity index (χ0) is 21.1. The molecule has 30 heavy (non-hydrogen) atoms. The predicted molar refractivity (Wildman–Crippen MR) is 111 cm³/mol. The molecule has 2 aromatic rings. The van der Waals surface area contributed by atoms with Crippen LogP contribution in [-0.4, -0.2) is 48.4 Å². The van der Waals surface area contributed by atoms with E-state index in [1.807, 2.05) is 36.4 Å². The molecule has 2 atom stereocenters. The van der Waals surface area contributed by atoms with Gasteiger partial charge in [0.15, 0.2) is 11.5 Å². The van der Waals surface area contributed by atoms with Crippen LogP contribution in [0.25, 0.3) is 0 Å². The number of carbonyl (C=O) groups excluding carboxylic acids is 3. The third-order valence-electron chi connectivity index (χ3n) is 4.82. The van der Waals surface area contributed by atoms with Crippen molar-refractivity contribution in [2.24, 2.45) is 0 Å². The number of fused-ring (bicyclic) bond motifs is 1. The first-order chi connectivity index (χ1) is 14.4. The molecule has 0 unspecified atom stereocenters. The molecule has 0 bridgehead atoms. The van der Waals surface area contributed by atoms with Gasteiger partial charge in [-0.3, -0.25) is 14.9 Å². The zero-order valence-corrected chi connectivity index (χ0v) is 17.1. The van der Waals surface area contributed by atoms with Crippen LogP contribution in [0, 0.1) is 0 Å². The van der Waals surface area contributed by atoms with Crippen LogP contribution in [-0.2, 0) is 4.79 Å². The van der Waals surface area contributed by atoms with Gasteiger partial charge in [-0.1, -0.05) is 24.3 Å². The molecule has 2 aliphatic heterocycles. The van der Waals surface area contributed by atoms with E-state index in [0.717, 1.165) is 4.90 Å². The molecule has 156 valence electrons. The molecule has 2 aromatic carbocycles. The van der Waals surface area contributed by atoms with Crippen molar-refractivity contribution in [2.75, 3.05) is 18.9 Å². The maximum atomic E-state index is 12.8. The molecule has 0 spiro atoms. The maximum Gasteiger partial charge on any atom is 0.322 e. The number of hydrogen-bond donors (Lipinski definition) is 3. The highest BCUT2D eigenvalue weighted by atomic mass is 32.2. The topological polar surface area (TPSA) is 106 Å². The van der Waals surface area contributed by atoms with Crippen molar-refractivity contribution in [1.29, 1.82) is 0 Å². The molecule has 2 aliphatic rings. The second-order valence-electron chi connectivity index (χ2n) is 7.23. The van der Waals surface area contributed by atoms with E-state index >= 15 is 0 Å². The third-order valence-corrected chi connectivity index (χ3v) is 6.21. The average Bonchev–Trinajstić information content (AvgIpc) is 3.02. The summed E-state index contributed by atoms with van der Waals surface area (Å²) in [4.78, 5) is 36.9. The number of imide groups is 1. The van der Waals surface area contributed by atoms with Crippen molar-refractivity contribution in [3.63, 3.8) is 0 Å². The van der Waals surface area contributed by atoms with E-state index < -0.39 is 11.6 Å². The predicted octanol–water partition coefficient (Wildman–Crippen LogP) is 1.95. The van der Waals surface area contributed by atoms with Crippen LogP contribution in [0.1, 0.15) is 17.3 Å². The number of thioether (sulfide) groups is 1. The molecule has 0 aromatic heterocycles. The van der Waals surface area contributed by atoms with Gasteiger partial charge in [-0.15, -0.1) is 11.8 Å². The maximum absolute atomic E-state index is 12.8. The fourth-order valence-corrected chi connectivity index (χ4v) is 4.29. The minimum Gasteiger partial charge on any atom is -0.486 e. The Kier molecular flexibility index (Phi) is 5.54. The Hall–Kier alpha value is -3.20. The van der Waals surface area contributed by atoms with Gasteiger partial charge in [-0.2, -0.15) is 0 Å². The summed E-state index contributed by atoms with van der Waals surface area (Å²) < 4.78 is 11.5. The second-order valence-corrected chi connectivity index (χ2v) is 8.25. The smallest absolute Gasteiger partial charge is 0.322 e. The Morgan fingerprint density at radius 1 is 1.17 bits per heavy atom. The van der Waals surface area contributed by atoms with Crippen molar-refractivity contribution < 1.29 is 23.9 Å². The summed E-state index contributed by atoms with van der Waals surface area (Å²) in [5.41, 5.74) is -0.528. The van der Waals surface area contributed by atoms with Gasteiger partial charge >= 0.3 is 6.03 Å². The van der Waals surface area contributed by atoms with Gasteiger partial charge in [0.2, 0.25) is 0 Å². The van der Waals surface area contributed by atoms with Crippen LogP contribution in [0.4, 0.5) is 4.79 Å². The Morgan fingerprint density at radius 2 is 1.90 bits per heavy atom. The van der Waals surface area contributed by atoms with E-state index in [2.05, 4.69) is 16.0 Å². The number of urea groups is 1. The summed E-state index contributed by atoms with van der Waals surface area (Å²) >= 11 is 1.34. The van der Waals surface area contributed by atoms with Crippen LogP contribution < -0.4 is 25.4 Å². The second kappa shape index (κ2) is 8.27. The van der Waals surface area contributed by atoms with Crippen LogP contribution in [0.3, 0.4) is 0 Å². The van der Waals surface area contributed by atoms with Crippen LogP contribution in [0.15, 0.2) is 53.4 Å². The van der Waals surface area contributed by atoms with Crippen LogP contribution >= 0.6 is 11.8 Å². The molecular formula is C21H21N3O5S. The number of amides is 4. The van der Waals surface area contributed by atoms with E-state index in [1.54, 1.807) is 19.1 Å². The number of rotatable bonds is 6. The average molecular weight is 427 g/mol. The van der Waals surface area contributed by atoms with E-state index in [0.29, 0.717) is 36.0 Å². The number of para-hydroxylation sites is 2. The Balaban J connectivity index is 1.37. The van der Waals surface area contributed by atoms with Crippen LogP contribution in [0.5, 0.6) is 11.5 Å². The van der Waals surface area contributed by atoms with Gasteiger partial charge < -0.3 is 20.1 Å². The fourth-order valence-electron chi connectivity index (χ4n) is 3.15. The van der Waals surface area contributed by atoms with Crippen molar-refractivity contribution in [2.45, 2.75) is 23.5 Å². The molecule has 2 heterocycles. The highest BCUT2D eigenvalue weighted by Crippen LogP contribution is 2.31. The molecule has 0 aliphatic carbocycles. The molecule has 0 radical (unpaired) electrons. The Bertz CT molecular complexity index is 998. The highest BCUT2D eigenvalue weighted by Gasteiger charge is 2.42. The summed E-state index contributed by atoms with van der Waals surface area (Å²) in [6.07, 6.45) is -0.292. The number of ether oxygens (including phenoxy) is 2. The van der Waals surface area contributed by atoms with Gasteiger partial charge in [0.05, 0.1) is 12.1 Å². The van der Waals surface area contributed by atoms with Crippen molar-refractivity contribution >= 4 is 29.6 Å². The highest BCUT2D eigenvalue weighted by molar-refractivity contribution is 7.99. The normalized spacial score (nSPS) is 22.2. The summed E-state index contributed by atoms with van der Waals surface area (Å²) in [6.45, 7) is 2.30. The van der Waals surface area contributed by atoms with E-state index in [1.165, 1.54) is 11.8 Å². The number of nitrogens with one attached hydrogen (secondary N) is 3. The van der Waals surface area contributed by atoms with Crippen molar-refractivity contribution in [1.82, 2.24) is 16.0 Å². The first-order valence-electron chi connectivity index (χ1n) is 9.47. The van der Waals surface area contributed by atoms with E-state index in [4.69, 9.17) is 9.47 Å². The van der Waals surface area contributed by atoms with Gasteiger partial charge in [0, 0.05) is 10.6 Å². The van der Waals surface area contributed by atoms with E-state index in [-0.39, 0.29) is 17.9 Å². The molecule has 3 N–H and O–H groups in total. The van der Waals surface area contributed by atoms with Crippen molar-refractivity contribution in [3.8, 4) is 11.5 Å². The lowest BCUT2D eigenvalue weighted by atomic mass is 10.1. The van der Waals surface area contributed by atoms with Gasteiger partial charge in [-0.25, -0.2) is 4.79 Å². The van der Waals surface area contributed by atoms with Crippen LogP contribution in [0.2, 0.25) is 0 Å². The molecule has 1 saturated heterocycles. The largest absolute Gasteiger partial charge is 0.486 e. The first kappa shape index (κ1) is 20.1. The molecule has 1 fully saturated rings. The zero-order valence-electron chi connectivity index (χ0n) is 16.3. The minimum absolute atomic E-state index is 0.245. The fraction of sp³-hybridized carbons (Fsp3) is 0.286. The molecular weight excluding hydrogens is 406 g/mol. The van der Waals surface area contributed by atoms with Gasteiger partial charge in [0.1, 0.15) is 18.2 Å². The Labute approximate surface area is 177 Å². The summed E-state index contributed by atoms with van der Waals surface area (Å²) in [5, 5.41) is 7.75. The monoisotopic (exact) mass is 427 g/mol. The first-order valence-corrected chi connectivity index (χ1v) is 10.5. The SMILES string of the molecule is C[C@@]1(CSc2ccccc2C(=O)NC[C@@H]2COc3ccccc3O2)NC(=O)NC1=O. The van der Waals surface area contributed by atoms with E-state index in [9.17, 15) is 14.4 Å². The minimum atomic E-state index is -1.02. The lowest BCUT2D eigenvalue weighted by molar-refractivity contribution is -0.122. The standard InChI is InChI=1S/C21H21N3O5S/c1-21(19(26)23-20(27)24-21)12-30-17-9-5-2-6-14(17)18(25)22-10-13-11-28-15-7-3-4-8-16(15)29-13/h2-9,13H,10-12H2,1H3,(H,22,25)(H2,23,24,26,27)/t13-,21+/m1/s1. The Morgan fingerprint density at radius 3 is 2.67 bits per heavy atom. The number of benzene rings is 2. The summed E-state index contributed by atoms with van der Waals surface area (Å²) in [6, 6.07) is 14.0. The third kappa shape index (κ3) is 4.20. The molecule has 0 saturated carbocycles. The molecule has 4 amide bonds. The van der Waals surface area contributed by atoms with Gasteiger partial charge in [-0.05, 0) is 31.2 Å². The summed E-state index contributed by atoms with van der Waals surface area (Å²) in [5.74, 6) is 1.02. The summed E-state index contributed by atoms with van der Waals surface area (Å²) in [7, 11) is 0. The lowest BCUT2D eigenvalue weighted by Crippen LogP contribution is -2.46. The number of carbonyl (C=O) groups is 3. The lowest BCUT2D eigenvalue weighted by Gasteiger charge is -2.26.